The van der Waals surface area contributed by atoms with Gasteiger partial charge in [-0.15, -0.1) is 0 Å². The first-order valence-corrected chi connectivity index (χ1v) is 31.5. The summed E-state index contributed by atoms with van der Waals surface area (Å²) in [5, 5.41) is 0. The van der Waals surface area contributed by atoms with Crippen molar-refractivity contribution in [2.45, 2.75) is 290 Å². The summed E-state index contributed by atoms with van der Waals surface area (Å²) in [4.78, 5) is 38.3. The smallest absolute Gasteiger partial charge is 0.306 e. The van der Waals surface area contributed by atoms with Crippen LogP contribution in [0.5, 0.6) is 0 Å². The average molecular weight is 1050 g/mol. The highest BCUT2D eigenvalue weighted by Crippen LogP contribution is 2.15. The molecule has 0 bridgehead atoms. The molecule has 0 aliphatic heterocycles. The summed E-state index contributed by atoms with van der Waals surface area (Å²) in [6.07, 6.45) is 87.8. The van der Waals surface area contributed by atoms with Crippen LogP contribution in [0.4, 0.5) is 0 Å². The lowest BCUT2D eigenvalue weighted by Crippen LogP contribution is -2.30. The molecule has 0 N–H and O–H groups in total. The van der Waals surface area contributed by atoms with E-state index in [9.17, 15) is 14.4 Å². The number of hydrogen-bond acceptors (Lipinski definition) is 6. The van der Waals surface area contributed by atoms with Gasteiger partial charge in [0.05, 0.1) is 0 Å². The first-order valence-electron chi connectivity index (χ1n) is 31.5. The normalized spacial score (nSPS) is 12.9. The number of esters is 3. The van der Waals surface area contributed by atoms with Crippen molar-refractivity contribution in [3.05, 3.63) is 122 Å². The molecule has 0 aromatic rings. The van der Waals surface area contributed by atoms with Crippen molar-refractivity contribution in [1.82, 2.24) is 0 Å². The summed E-state index contributed by atoms with van der Waals surface area (Å²) in [5.41, 5.74) is 0. The Bertz CT molecular complexity index is 1590. The summed E-state index contributed by atoms with van der Waals surface area (Å²) in [6, 6.07) is 0. The van der Waals surface area contributed by atoms with Crippen LogP contribution in [-0.4, -0.2) is 37.2 Å². The van der Waals surface area contributed by atoms with Gasteiger partial charge in [-0.2, -0.15) is 0 Å². The zero-order valence-electron chi connectivity index (χ0n) is 49.5. The van der Waals surface area contributed by atoms with Gasteiger partial charge in [0, 0.05) is 19.3 Å². The molecular formula is C70H116O6. The second kappa shape index (κ2) is 63.3. The van der Waals surface area contributed by atoms with Gasteiger partial charge >= 0.3 is 17.9 Å². The highest BCUT2D eigenvalue weighted by atomic mass is 16.6. The zero-order chi connectivity index (χ0) is 55.0. The maximum absolute atomic E-state index is 12.9. The summed E-state index contributed by atoms with van der Waals surface area (Å²) < 4.78 is 16.8. The van der Waals surface area contributed by atoms with E-state index in [1.807, 2.05) is 6.08 Å². The van der Waals surface area contributed by atoms with E-state index in [1.165, 1.54) is 128 Å². The molecule has 0 amide bonds. The summed E-state index contributed by atoms with van der Waals surface area (Å²) in [7, 11) is 0. The number of ether oxygens (including phenoxy) is 3. The van der Waals surface area contributed by atoms with Crippen LogP contribution in [0.25, 0.3) is 0 Å². The Labute approximate surface area is 469 Å². The Kier molecular flexibility index (Phi) is 59.9. The zero-order valence-corrected chi connectivity index (χ0v) is 49.5. The van der Waals surface area contributed by atoms with Gasteiger partial charge in [-0.25, -0.2) is 0 Å². The van der Waals surface area contributed by atoms with Crippen LogP contribution >= 0.6 is 0 Å². The molecule has 1 atom stereocenters. The largest absolute Gasteiger partial charge is 0.462 e. The molecule has 0 aliphatic rings. The molecule has 0 saturated carbocycles. The van der Waals surface area contributed by atoms with E-state index in [-0.39, 0.29) is 31.6 Å². The Morgan fingerprint density at radius 3 is 0.868 bits per heavy atom. The molecule has 0 heterocycles. The maximum Gasteiger partial charge on any atom is 0.306 e. The van der Waals surface area contributed by atoms with Crippen LogP contribution in [0, 0.1) is 0 Å². The Morgan fingerprint density at radius 2 is 0.539 bits per heavy atom. The first kappa shape index (κ1) is 71.8. The number of allylic oxidation sites excluding steroid dienone is 20. The predicted molar refractivity (Wildman–Crippen MR) is 330 cm³/mol. The minimum Gasteiger partial charge on any atom is -0.462 e. The van der Waals surface area contributed by atoms with E-state index in [0.717, 1.165) is 109 Å². The molecule has 0 fully saturated rings. The standard InChI is InChI=1S/C70H116O6/c1-4-7-10-13-16-19-22-25-28-31-33-34-35-36-38-39-42-45-48-51-54-57-60-63-69(72)75-66-67(65-74-68(71)62-59-56-53-50-47-44-41-30-27-24-21-18-15-12-9-6-3)76-70(73)64-61-58-55-52-49-46-43-40-37-32-29-26-23-20-17-14-11-8-5-2/h8,11,17,20-22,24-26,29-31,33,37,40-41,46,49,55,58,67H,4-7,9-10,12-16,18-19,23,27-28,32,34-36,38-39,42-45,47-48,50-54,56-57,59-66H2,1-3H3/b11-8-,20-17-,24-21-,25-22-,29-26-,33-31-,40-37-,41-30-,49-46-,58-55-. The molecule has 6 heteroatoms. The monoisotopic (exact) mass is 1050 g/mol. The fourth-order valence-electron chi connectivity index (χ4n) is 8.47. The van der Waals surface area contributed by atoms with Crippen molar-refractivity contribution in [2.75, 3.05) is 13.2 Å². The number of rotatable bonds is 56. The summed E-state index contributed by atoms with van der Waals surface area (Å²) >= 11 is 0. The van der Waals surface area contributed by atoms with Gasteiger partial charge in [-0.1, -0.05) is 264 Å². The molecule has 0 rings (SSSR count). The average Bonchev–Trinajstić information content (AvgIpc) is 3.42. The van der Waals surface area contributed by atoms with Crippen LogP contribution in [0.3, 0.4) is 0 Å². The van der Waals surface area contributed by atoms with E-state index in [0.29, 0.717) is 19.3 Å². The molecule has 0 radical (unpaired) electrons. The van der Waals surface area contributed by atoms with Crippen LogP contribution < -0.4 is 0 Å². The Morgan fingerprint density at radius 1 is 0.276 bits per heavy atom. The maximum atomic E-state index is 12.9. The third kappa shape index (κ3) is 60.7. The molecule has 432 valence electrons. The Hall–Kier alpha value is -4.19. The molecule has 0 aliphatic carbocycles. The summed E-state index contributed by atoms with van der Waals surface area (Å²) in [5.74, 6) is -1.01. The SMILES string of the molecule is CC/C=C\C/C=C\C/C=C\C/C=C\C/C=C\C/C=C\CCC(=O)OC(COC(=O)CCCCCCC/C=C\C/C=C\CCCCCC)COC(=O)CCCCCCCCCCCCC/C=C\C/C=C\CCCCCCC. The molecule has 0 aromatic carbocycles. The lowest BCUT2D eigenvalue weighted by atomic mass is 10.0. The van der Waals surface area contributed by atoms with Gasteiger partial charge in [0.1, 0.15) is 13.2 Å². The lowest BCUT2D eigenvalue weighted by Gasteiger charge is -2.18. The highest BCUT2D eigenvalue weighted by Gasteiger charge is 2.19. The topological polar surface area (TPSA) is 78.9 Å². The number of unbranched alkanes of at least 4 members (excludes halogenated alkanes) is 25. The second-order valence-electron chi connectivity index (χ2n) is 20.6. The molecule has 0 spiro atoms. The van der Waals surface area contributed by atoms with Crippen LogP contribution in [0.1, 0.15) is 284 Å². The molecule has 76 heavy (non-hydrogen) atoms. The quantitative estimate of drug-likeness (QED) is 0.0261. The van der Waals surface area contributed by atoms with Crippen LogP contribution in [-0.2, 0) is 28.6 Å². The van der Waals surface area contributed by atoms with E-state index in [4.69, 9.17) is 14.2 Å². The molecule has 6 nitrogen and oxygen atoms in total. The minimum absolute atomic E-state index is 0.116. The van der Waals surface area contributed by atoms with Crippen LogP contribution in [0.2, 0.25) is 0 Å². The van der Waals surface area contributed by atoms with Crippen molar-refractivity contribution in [2.24, 2.45) is 0 Å². The van der Waals surface area contributed by atoms with Gasteiger partial charge in [0.15, 0.2) is 6.10 Å². The van der Waals surface area contributed by atoms with E-state index in [2.05, 4.69) is 136 Å². The van der Waals surface area contributed by atoms with E-state index < -0.39 is 12.1 Å². The van der Waals surface area contributed by atoms with Gasteiger partial charge in [-0.05, 0) is 122 Å². The van der Waals surface area contributed by atoms with E-state index >= 15 is 0 Å². The van der Waals surface area contributed by atoms with Crippen molar-refractivity contribution in [3.8, 4) is 0 Å². The third-order valence-electron chi connectivity index (χ3n) is 13.2. The van der Waals surface area contributed by atoms with Gasteiger partial charge in [0.25, 0.3) is 0 Å². The van der Waals surface area contributed by atoms with Crippen molar-refractivity contribution >= 4 is 17.9 Å². The number of carbonyl (C=O) groups is 3. The van der Waals surface area contributed by atoms with E-state index in [1.54, 1.807) is 0 Å². The minimum atomic E-state index is -0.830. The fraction of sp³-hybridized carbons (Fsp3) is 0.671. The molecule has 0 aromatic heterocycles. The number of hydrogen-bond donors (Lipinski definition) is 0. The Balaban J connectivity index is 4.49. The van der Waals surface area contributed by atoms with Crippen molar-refractivity contribution < 1.29 is 28.6 Å². The van der Waals surface area contributed by atoms with Gasteiger partial charge < -0.3 is 14.2 Å². The molecule has 0 saturated heterocycles. The van der Waals surface area contributed by atoms with Gasteiger partial charge in [-0.3, -0.25) is 14.4 Å². The fourth-order valence-corrected chi connectivity index (χ4v) is 8.47. The van der Waals surface area contributed by atoms with Crippen molar-refractivity contribution in [1.29, 1.82) is 0 Å². The first-order chi connectivity index (χ1) is 37.5. The van der Waals surface area contributed by atoms with Crippen LogP contribution in [0.15, 0.2) is 122 Å². The van der Waals surface area contributed by atoms with Crippen molar-refractivity contribution in [3.63, 3.8) is 0 Å². The van der Waals surface area contributed by atoms with Gasteiger partial charge in [0.2, 0.25) is 0 Å². The number of carbonyl (C=O) groups excluding carboxylic acids is 3. The third-order valence-corrected chi connectivity index (χ3v) is 13.2. The predicted octanol–water partition coefficient (Wildman–Crippen LogP) is 21.6. The summed E-state index contributed by atoms with van der Waals surface area (Å²) in [6.45, 7) is 6.44. The highest BCUT2D eigenvalue weighted by molar-refractivity contribution is 5.71. The lowest BCUT2D eigenvalue weighted by molar-refractivity contribution is -0.166. The second-order valence-corrected chi connectivity index (χ2v) is 20.6. The molecule has 1 unspecified atom stereocenters. The molecular weight excluding hydrogens is 937 g/mol.